The number of anilines is 1. The van der Waals surface area contributed by atoms with E-state index in [1.807, 2.05) is 45.0 Å². The molecular formula is C26H32N2O6. The second-order valence-corrected chi connectivity index (χ2v) is 8.97. The van der Waals surface area contributed by atoms with Gasteiger partial charge in [-0.05, 0) is 44.5 Å². The maximum Gasteiger partial charge on any atom is 0.410 e. The van der Waals surface area contributed by atoms with Crippen LogP contribution in [0.5, 0.6) is 17.2 Å². The molecule has 34 heavy (non-hydrogen) atoms. The zero-order valence-electron chi connectivity index (χ0n) is 20.3. The summed E-state index contributed by atoms with van der Waals surface area (Å²) >= 11 is 0. The molecule has 2 aromatic rings. The van der Waals surface area contributed by atoms with E-state index in [1.54, 1.807) is 17.0 Å². The van der Waals surface area contributed by atoms with Crippen LogP contribution in [-0.4, -0.2) is 67.9 Å². The van der Waals surface area contributed by atoms with Gasteiger partial charge in [0.2, 0.25) is 0 Å². The van der Waals surface area contributed by atoms with Crippen LogP contribution in [0.1, 0.15) is 36.7 Å². The Hall–Kier alpha value is -3.68. The lowest BCUT2D eigenvalue weighted by Gasteiger charge is -2.36. The van der Waals surface area contributed by atoms with Crippen LogP contribution in [0, 0.1) is 0 Å². The quantitative estimate of drug-likeness (QED) is 0.498. The largest absolute Gasteiger partial charge is 0.507 e. The van der Waals surface area contributed by atoms with Crippen molar-refractivity contribution in [2.24, 2.45) is 0 Å². The van der Waals surface area contributed by atoms with Gasteiger partial charge in [-0.25, -0.2) is 4.79 Å². The Balaban J connectivity index is 1.68. The Labute approximate surface area is 200 Å². The molecule has 0 aromatic heterocycles. The molecule has 8 heteroatoms. The van der Waals surface area contributed by atoms with Gasteiger partial charge in [0.1, 0.15) is 28.4 Å². The topological polar surface area (TPSA) is 88.5 Å². The maximum atomic E-state index is 12.8. The van der Waals surface area contributed by atoms with E-state index < -0.39 is 5.60 Å². The second kappa shape index (κ2) is 10.5. The van der Waals surface area contributed by atoms with Gasteiger partial charge in [0.25, 0.3) is 0 Å². The minimum Gasteiger partial charge on any atom is -0.507 e. The summed E-state index contributed by atoms with van der Waals surface area (Å²) in [5.74, 6) is 0.0493. The summed E-state index contributed by atoms with van der Waals surface area (Å²) in [6, 6.07) is 10.7. The minimum atomic E-state index is -0.515. The average Bonchev–Trinajstić information content (AvgIpc) is 2.81. The number of nitrogens with zero attached hydrogens (tertiary/aromatic N) is 2. The summed E-state index contributed by atoms with van der Waals surface area (Å²) in [6.45, 7) is 8.09. The van der Waals surface area contributed by atoms with Crippen molar-refractivity contribution in [3.8, 4) is 17.2 Å². The van der Waals surface area contributed by atoms with E-state index in [2.05, 4.69) is 4.90 Å². The summed E-state index contributed by atoms with van der Waals surface area (Å²) in [4.78, 5) is 29.0. The number of benzene rings is 2. The van der Waals surface area contributed by atoms with E-state index >= 15 is 0 Å². The number of ketones is 1. The molecule has 0 saturated carbocycles. The molecule has 1 aliphatic heterocycles. The lowest BCUT2D eigenvalue weighted by atomic mass is 10.1. The number of piperazine rings is 1. The van der Waals surface area contributed by atoms with Gasteiger partial charge >= 0.3 is 6.09 Å². The average molecular weight is 469 g/mol. The van der Waals surface area contributed by atoms with Gasteiger partial charge in [0.15, 0.2) is 5.78 Å². The first kappa shape index (κ1) is 25.0. The predicted molar refractivity (Wildman–Crippen MR) is 131 cm³/mol. The standard InChI is InChI=1S/C26H32N2O6/c1-26(2,3)34-25(31)28-13-11-27(12-14-28)19-8-6-7-18(15-19)9-10-21(29)24-22(30)16-20(32-4)17-23(24)33-5/h6-10,15-17,30H,11-14H2,1-5H3/b10-9+. The highest BCUT2D eigenvalue weighted by atomic mass is 16.6. The molecule has 0 atom stereocenters. The number of aromatic hydroxyl groups is 1. The highest BCUT2D eigenvalue weighted by Crippen LogP contribution is 2.34. The van der Waals surface area contributed by atoms with Gasteiger partial charge in [-0.15, -0.1) is 0 Å². The highest BCUT2D eigenvalue weighted by Gasteiger charge is 2.26. The van der Waals surface area contributed by atoms with Gasteiger partial charge < -0.3 is 29.1 Å². The first-order valence-electron chi connectivity index (χ1n) is 11.1. The molecule has 1 heterocycles. The van der Waals surface area contributed by atoms with Crippen molar-refractivity contribution < 1.29 is 28.9 Å². The van der Waals surface area contributed by atoms with Crippen LogP contribution in [0.4, 0.5) is 10.5 Å². The fourth-order valence-electron chi connectivity index (χ4n) is 3.66. The number of hydrogen-bond donors (Lipinski definition) is 1. The van der Waals surface area contributed by atoms with E-state index in [4.69, 9.17) is 14.2 Å². The molecule has 1 aliphatic rings. The summed E-state index contributed by atoms with van der Waals surface area (Å²) < 4.78 is 15.8. The maximum absolute atomic E-state index is 12.8. The monoisotopic (exact) mass is 468 g/mol. The molecule has 1 saturated heterocycles. The number of hydrogen-bond acceptors (Lipinski definition) is 7. The van der Waals surface area contributed by atoms with Crippen molar-refractivity contribution in [1.29, 1.82) is 0 Å². The lowest BCUT2D eigenvalue weighted by molar-refractivity contribution is 0.0240. The normalized spacial score (nSPS) is 14.3. The van der Waals surface area contributed by atoms with Crippen LogP contribution in [-0.2, 0) is 4.74 Å². The van der Waals surface area contributed by atoms with Crippen molar-refractivity contribution in [2.75, 3.05) is 45.3 Å². The number of allylic oxidation sites excluding steroid dienone is 1. The predicted octanol–water partition coefficient (Wildman–Crippen LogP) is 4.36. The summed E-state index contributed by atoms with van der Waals surface area (Å²) in [5, 5.41) is 10.3. The van der Waals surface area contributed by atoms with Crippen LogP contribution in [0.2, 0.25) is 0 Å². The van der Waals surface area contributed by atoms with Crippen molar-refractivity contribution in [1.82, 2.24) is 4.90 Å². The van der Waals surface area contributed by atoms with Crippen molar-refractivity contribution in [2.45, 2.75) is 26.4 Å². The number of phenolic OH excluding ortho intramolecular Hbond substituents is 1. The summed E-state index contributed by atoms with van der Waals surface area (Å²) in [7, 11) is 2.90. The lowest BCUT2D eigenvalue weighted by Crippen LogP contribution is -2.50. The molecule has 2 aromatic carbocycles. The second-order valence-electron chi connectivity index (χ2n) is 8.97. The molecule has 0 aliphatic carbocycles. The number of ether oxygens (including phenoxy) is 3. The zero-order chi connectivity index (χ0) is 24.9. The Morgan fingerprint density at radius 1 is 1.00 bits per heavy atom. The van der Waals surface area contributed by atoms with Crippen molar-refractivity contribution >= 4 is 23.6 Å². The van der Waals surface area contributed by atoms with E-state index in [0.29, 0.717) is 31.9 Å². The first-order chi connectivity index (χ1) is 16.1. The summed E-state index contributed by atoms with van der Waals surface area (Å²) in [5.41, 5.74) is 1.41. The summed E-state index contributed by atoms with van der Waals surface area (Å²) in [6.07, 6.45) is 2.81. The van der Waals surface area contributed by atoms with Gasteiger partial charge in [-0.2, -0.15) is 0 Å². The highest BCUT2D eigenvalue weighted by molar-refractivity contribution is 6.10. The van der Waals surface area contributed by atoms with Crippen molar-refractivity contribution in [3.05, 3.63) is 53.6 Å². The van der Waals surface area contributed by atoms with Gasteiger partial charge in [0.05, 0.1) is 14.2 Å². The number of rotatable bonds is 6. The van der Waals surface area contributed by atoms with Gasteiger partial charge in [-0.1, -0.05) is 18.2 Å². The Morgan fingerprint density at radius 3 is 2.32 bits per heavy atom. The number of carbonyl (C=O) groups is 2. The molecule has 0 unspecified atom stereocenters. The van der Waals surface area contributed by atoms with Crippen LogP contribution in [0.3, 0.4) is 0 Å². The molecule has 0 radical (unpaired) electrons. The SMILES string of the molecule is COc1cc(O)c(C(=O)/C=C/c2cccc(N3CCN(C(=O)OC(C)(C)C)CC3)c2)c(OC)c1. The molecule has 0 bridgehead atoms. The molecule has 1 N–H and O–H groups in total. The zero-order valence-corrected chi connectivity index (χ0v) is 20.3. The third-order valence-electron chi connectivity index (χ3n) is 5.35. The van der Waals surface area contributed by atoms with Crippen molar-refractivity contribution in [3.63, 3.8) is 0 Å². The molecule has 1 fully saturated rings. The number of methoxy groups -OCH3 is 2. The Morgan fingerprint density at radius 2 is 1.71 bits per heavy atom. The minimum absolute atomic E-state index is 0.0777. The van der Waals surface area contributed by atoms with E-state index in [0.717, 1.165) is 11.3 Å². The van der Waals surface area contributed by atoms with E-state index in [1.165, 1.54) is 26.4 Å². The van der Waals surface area contributed by atoms with E-state index in [9.17, 15) is 14.7 Å². The first-order valence-corrected chi connectivity index (χ1v) is 11.1. The Kier molecular flexibility index (Phi) is 7.71. The number of phenols is 1. The Bertz CT molecular complexity index is 1070. The molecule has 8 nitrogen and oxygen atoms in total. The van der Waals surface area contributed by atoms with Crippen LogP contribution in [0.15, 0.2) is 42.5 Å². The molecular weight excluding hydrogens is 436 g/mol. The smallest absolute Gasteiger partial charge is 0.410 e. The molecule has 0 spiro atoms. The van der Waals surface area contributed by atoms with Crippen LogP contribution in [0.25, 0.3) is 6.08 Å². The fraction of sp³-hybridized carbons (Fsp3) is 0.385. The number of amides is 1. The third-order valence-corrected chi connectivity index (χ3v) is 5.35. The van der Waals surface area contributed by atoms with E-state index in [-0.39, 0.29) is 28.9 Å². The molecule has 3 rings (SSSR count). The number of carbonyl (C=O) groups excluding carboxylic acids is 2. The third kappa shape index (κ3) is 6.21. The van der Waals surface area contributed by atoms with Crippen LogP contribution >= 0.6 is 0 Å². The van der Waals surface area contributed by atoms with Gasteiger partial charge in [-0.3, -0.25) is 4.79 Å². The molecule has 1 amide bonds. The fourth-order valence-corrected chi connectivity index (χ4v) is 3.66. The van der Waals surface area contributed by atoms with Crippen LogP contribution < -0.4 is 14.4 Å². The van der Waals surface area contributed by atoms with Gasteiger partial charge in [0, 0.05) is 44.0 Å². The molecule has 182 valence electrons.